The Morgan fingerprint density at radius 2 is 2.18 bits per heavy atom. The molecule has 28 heavy (non-hydrogen) atoms. The van der Waals surface area contributed by atoms with E-state index in [1.807, 2.05) is 46.6 Å². The molecular weight excluding hydrogens is 372 g/mol. The molecule has 2 fully saturated rings. The highest BCUT2D eigenvalue weighted by Crippen LogP contribution is 2.48. The number of H-pyrrole nitrogens is 1. The van der Waals surface area contributed by atoms with E-state index >= 15 is 0 Å². The van der Waals surface area contributed by atoms with Crippen LogP contribution in [0.2, 0.25) is 0 Å². The van der Waals surface area contributed by atoms with Crippen molar-refractivity contribution in [3.05, 3.63) is 36.9 Å². The molecule has 4 heterocycles. The van der Waals surface area contributed by atoms with Gasteiger partial charge < -0.3 is 4.98 Å². The van der Waals surface area contributed by atoms with Gasteiger partial charge in [0.1, 0.15) is 11.2 Å². The smallest absolute Gasteiger partial charge is 0.137 e. The molecule has 5 rings (SSSR count). The van der Waals surface area contributed by atoms with Crippen LogP contribution >= 0.6 is 0 Å². The van der Waals surface area contributed by atoms with Crippen LogP contribution in [0.1, 0.15) is 26.2 Å². The van der Waals surface area contributed by atoms with Crippen molar-refractivity contribution in [2.45, 2.75) is 36.5 Å². The second-order valence-electron chi connectivity index (χ2n) is 8.22. The Bertz CT molecular complexity index is 1200. The highest BCUT2D eigenvalue weighted by molar-refractivity contribution is 7.99. The van der Waals surface area contributed by atoms with Crippen molar-refractivity contribution in [3.8, 4) is 17.2 Å². The molecule has 1 aliphatic heterocycles. The second kappa shape index (κ2) is 5.69. The summed E-state index contributed by atoms with van der Waals surface area (Å²) in [5.41, 5.74) is 2.41. The lowest BCUT2D eigenvalue weighted by Gasteiger charge is -2.51. The van der Waals surface area contributed by atoms with Gasteiger partial charge in [-0.15, -0.1) is 0 Å². The number of hydrogen-bond acceptors (Lipinski definition) is 4. The monoisotopic (exact) mass is 394 g/mol. The van der Waals surface area contributed by atoms with E-state index in [2.05, 4.69) is 27.0 Å². The van der Waals surface area contributed by atoms with Gasteiger partial charge >= 0.3 is 0 Å². The van der Waals surface area contributed by atoms with Crippen LogP contribution in [0, 0.1) is 11.3 Å². The Hall–Kier alpha value is -2.63. The van der Waals surface area contributed by atoms with E-state index in [0.29, 0.717) is 19.5 Å². The van der Waals surface area contributed by atoms with Crippen LogP contribution in [-0.4, -0.2) is 52.0 Å². The van der Waals surface area contributed by atoms with E-state index in [-0.39, 0.29) is 4.75 Å². The average molecular weight is 395 g/mol. The minimum absolute atomic E-state index is 0.183. The lowest BCUT2D eigenvalue weighted by Crippen LogP contribution is -2.65. The Morgan fingerprint density at radius 3 is 2.89 bits per heavy atom. The average Bonchev–Trinajstić information content (AvgIpc) is 3.08. The summed E-state index contributed by atoms with van der Waals surface area (Å²) in [5, 5.41) is 15.0. The Labute approximate surface area is 164 Å². The number of nitriles is 1. The SMILES string of the molecule is C=S(=O)(N1CC(CC#N)(n2cc(-c3ccnc4[nH]ccc34)cn2)C1)C1(C)CC1. The molecule has 1 saturated carbocycles. The van der Waals surface area contributed by atoms with Crippen LogP contribution in [0.3, 0.4) is 0 Å². The van der Waals surface area contributed by atoms with Gasteiger partial charge in [-0.05, 0) is 43.3 Å². The van der Waals surface area contributed by atoms with Gasteiger partial charge in [-0.2, -0.15) is 10.4 Å². The zero-order chi connectivity index (χ0) is 19.6. The Kier molecular flexibility index (Phi) is 3.55. The number of aromatic nitrogens is 4. The molecule has 0 radical (unpaired) electrons. The molecule has 144 valence electrons. The Balaban J connectivity index is 1.47. The fourth-order valence-electron chi connectivity index (χ4n) is 4.04. The van der Waals surface area contributed by atoms with Crippen LogP contribution in [0.15, 0.2) is 36.9 Å². The zero-order valence-corrected chi connectivity index (χ0v) is 16.6. The summed E-state index contributed by atoms with van der Waals surface area (Å²) in [6.45, 7) is 3.12. The molecular formula is C20H22N6OS. The summed E-state index contributed by atoms with van der Waals surface area (Å²) in [4.78, 5) is 7.46. The highest BCUT2D eigenvalue weighted by Gasteiger charge is 2.55. The minimum Gasteiger partial charge on any atom is -0.346 e. The first-order chi connectivity index (χ1) is 13.4. The van der Waals surface area contributed by atoms with Crippen LogP contribution in [-0.2, 0) is 15.2 Å². The fraction of sp³-hybridized carbons (Fsp3) is 0.400. The lowest BCUT2D eigenvalue weighted by molar-refractivity contribution is 0.0749. The molecule has 3 aromatic heterocycles. The van der Waals surface area contributed by atoms with Gasteiger partial charge in [0.05, 0.1) is 18.7 Å². The topological polar surface area (TPSA) is 90.6 Å². The maximum Gasteiger partial charge on any atom is 0.137 e. The summed E-state index contributed by atoms with van der Waals surface area (Å²) in [5.74, 6) is 4.06. The van der Waals surface area contributed by atoms with Gasteiger partial charge in [-0.3, -0.25) is 8.89 Å². The number of rotatable bonds is 5. The predicted molar refractivity (Wildman–Crippen MR) is 110 cm³/mol. The van der Waals surface area contributed by atoms with Crippen LogP contribution in [0.4, 0.5) is 0 Å². The van der Waals surface area contributed by atoms with Crippen LogP contribution < -0.4 is 0 Å². The van der Waals surface area contributed by atoms with Gasteiger partial charge in [-0.25, -0.2) is 9.29 Å². The molecule has 0 spiro atoms. The summed E-state index contributed by atoms with van der Waals surface area (Å²) in [7, 11) is -2.32. The van der Waals surface area contributed by atoms with E-state index in [1.54, 1.807) is 6.20 Å². The molecule has 8 heteroatoms. The molecule has 0 amide bonds. The number of nitrogens with one attached hydrogen (secondary N) is 1. The molecule has 1 N–H and O–H groups in total. The van der Waals surface area contributed by atoms with Gasteiger partial charge in [0.2, 0.25) is 0 Å². The predicted octanol–water partition coefficient (Wildman–Crippen LogP) is 2.53. The number of hydrogen-bond donors (Lipinski definition) is 1. The maximum absolute atomic E-state index is 13.2. The third-order valence-electron chi connectivity index (χ3n) is 6.33. The van der Waals surface area contributed by atoms with Crippen LogP contribution in [0.25, 0.3) is 22.2 Å². The second-order valence-corrected chi connectivity index (χ2v) is 11.0. The third-order valence-corrected chi connectivity index (χ3v) is 9.37. The van der Waals surface area contributed by atoms with Gasteiger partial charge in [-0.1, -0.05) is 0 Å². The molecule has 1 atom stereocenters. The molecule has 2 aliphatic rings. The molecule has 3 aromatic rings. The quantitative estimate of drug-likeness (QED) is 0.673. The van der Waals surface area contributed by atoms with Gasteiger partial charge in [0.25, 0.3) is 0 Å². The Morgan fingerprint density at radius 1 is 1.39 bits per heavy atom. The normalized spacial score (nSPS) is 22.3. The molecule has 0 bridgehead atoms. The molecule has 1 unspecified atom stereocenters. The van der Waals surface area contributed by atoms with Crippen molar-refractivity contribution in [3.63, 3.8) is 0 Å². The van der Waals surface area contributed by atoms with Gasteiger partial charge in [0, 0.05) is 57.1 Å². The fourth-order valence-corrected chi connectivity index (χ4v) is 6.31. The molecule has 1 aliphatic carbocycles. The highest BCUT2D eigenvalue weighted by atomic mass is 32.2. The van der Waals surface area contributed by atoms with E-state index in [0.717, 1.165) is 35.0 Å². The largest absolute Gasteiger partial charge is 0.346 e. The summed E-state index contributed by atoms with van der Waals surface area (Å²) < 4.78 is 16.9. The molecule has 7 nitrogen and oxygen atoms in total. The number of fused-ring (bicyclic) bond motifs is 1. The van der Waals surface area contributed by atoms with Crippen molar-refractivity contribution in [1.82, 2.24) is 24.1 Å². The van der Waals surface area contributed by atoms with Gasteiger partial charge in [0.15, 0.2) is 0 Å². The van der Waals surface area contributed by atoms with Crippen LogP contribution in [0.5, 0.6) is 0 Å². The first-order valence-electron chi connectivity index (χ1n) is 9.35. The number of pyridine rings is 1. The minimum atomic E-state index is -2.32. The third kappa shape index (κ3) is 2.36. The first kappa shape index (κ1) is 17.5. The summed E-state index contributed by atoms with van der Waals surface area (Å²) in [6.07, 6.45) is 9.70. The van der Waals surface area contributed by atoms with Crippen molar-refractivity contribution in [2.75, 3.05) is 13.1 Å². The standard InChI is InChI=1S/C20H22N6OS/c1-19(5-6-19)28(2,27)25-13-20(14-25,7-8-21)26-12-15(11-24-26)16-3-9-22-18-17(16)4-10-23-18/h3-4,9-12H,2,5-7,13-14H2,1H3,(H,22,23). The van der Waals surface area contributed by atoms with Crippen molar-refractivity contribution in [1.29, 1.82) is 5.26 Å². The van der Waals surface area contributed by atoms with E-state index in [9.17, 15) is 9.47 Å². The summed E-state index contributed by atoms with van der Waals surface area (Å²) in [6, 6.07) is 6.26. The molecule has 0 aromatic carbocycles. The first-order valence-corrected chi connectivity index (χ1v) is 11.0. The number of aromatic amines is 1. The lowest BCUT2D eigenvalue weighted by atomic mass is 9.89. The zero-order valence-electron chi connectivity index (χ0n) is 15.8. The van der Waals surface area contributed by atoms with E-state index in [1.165, 1.54) is 0 Å². The van der Waals surface area contributed by atoms with E-state index in [4.69, 9.17) is 0 Å². The number of nitrogens with zero attached hydrogens (tertiary/aromatic N) is 5. The van der Waals surface area contributed by atoms with E-state index < -0.39 is 15.2 Å². The maximum atomic E-state index is 13.2. The van der Waals surface area contributed by atoms with Crippen molar-refractivity contribution >= 4 is 26.6 Å². The van der Waals surface area contributed by atoms with Crippen molar-refractivity contribution in [2.24, 2.45) is 0 Å². The van der Waals surface area contributed by atoms with Crippen molar-refractivity contribution < 1.29 is 4.21 Å². The summed E-state index contributed by atoms with van der Waals surface area (Å²) >= 11 is 0. The molecule has 1 saturated heterocycles.